The van der Waals surface area contributed by atoms with Gasteiger partial charge in [-0.25, -0.2) is 0 Å². The van der Waals surface area contributed by atoms with E-state index in [9.17, 15) is 9.90 Å². The molecule has 4 nitrogen and oxygen atoms in total. The first-order valence-electron chi connectivity index (χ1n) is 9.88. The number of carbonyl (C=O) groups is 2. The summed E-state index contributed by atoms with van der Waals surface area (Å²) in [6.07, 6.45) is 19.9. The molecule has 0 aromatic rings. The zero-order valence-electron chi connectivity index (χ0n) is 17.7. The van der Waals surface area contributed by atoms with Crippen LogP contribution in [0.15, 0.2) is 0 Å². The minimum Gasteiger partial charge on any atom is -0.550 e. The Morgan fingerprint density at radius 1 is 0.615 bits per heavy atom. The van der Waals surface area contributed by atoms with Crippen molar-refractivity contribution in [3.63, 3.8) is 0 Å². The average Bonchev–Trinajstić information content (AvgIpc) is 2.50. The van der Waals surface area contributed by atoms with Crippen LogP contribution in [0.4, 0.5) is 0 Å². The molecule has 0 unspecified atom stereocenters. The number of carboxylic acids is 2. The van der Waals surface area contributed by atoms with Crippen LogP contribution < -0.4 is 61.6 Å². The third-order valence-electron chi connectivity index (χ3n) is 3.98. The molecule has 0 N–H and O–H groups in total. The largest absolute Gasteiger partial charge is 2.00 e. The van der Waals surface area contributed by atoms with Gasteiger partial charge in [-0.3, -0.25) is 0 Å². The molecule has 144 valence electrons. The van der Waals surface area contributed by atoms with Crippen LogP contribution in [-0.2, 0) is 29.1 Å². The zero-order chi connectivity index (χ0) is 18.5. The summed E-state index contributed by atoms with van der Waals surface area (Å²) >= 11 is 0. The van der Waals surface area contributed by atoms with Gasteiger partial charge in [0.05, 0.1) is 0 Å². The summed E-state index contributed by atoms with van der Waals surface area (Å²) in [4.78, 5) is 19.1. The minimum atomic E-state index is -1.08. The van der Waals surface area contributed by atoms with Crippen LogP contribution in [0, 0.1) is 0 Å². The molecule has 0 aromatic heterocycles. The molecule has 0 fully saturated rings. The van der Waals surface area contributed by atoms with E-state index < -0.39 is 11.9 Å². The molecular weight excluding hydrogens is 409 g/mol. The Morgan fingerprint density at radius 2 is 0.846 bits per heavy atom. The first-order valence-corrected chi connectivity index (χ1v) is 9.88. The molecule has 6 heteroatoms. The summed E-state index contributed by atoms with van der Waals surface area (Å²) in [5.41, 5.74) is 0. The zero-order valence-corrected chi connectivity index (χ0v) is 23.7. The molecule has 0 aliphatic rings. The number of unbranched alkanes of at least 4 members (excludes halogenated alkanes) is 14. The van der Waals surface area contributed by atoms with Crippen molar-refractivity contribution in [2.75, 3.05) is 0 Å². The smallest absolute Gasteiger partial charge is 0.550 e. The number of aliphatic carboxylic acids is 2. The predicted molar refractivity (Wildman–Crippen MR) is 95.2 cm³/mol. The quantitative estimate of drug-likeness (QED) is 0.259. The second-order valence-corrected chi connectivity index (χ2v) is 6.56. The molecule has 0 bridgehead atoms. The van der Waals surface area contributed by atoms with Gasteiger partial charge in [0, 0.05) is 11.9 Å². The maximum atomic E-state index is 10.2. The second-order valence-electron chi connectivity index (χ2n) is 6.56. The Hall–Kier alpha value is 1.20. The number of hydrogen-bond acceptors (Lipinski definition) is 4. The van der Waals surface area contributed by atoms with E-state index in [0.717, 1.165) is 19.8 Å². The third-order valence-corrected chi connectivity index (χ3v) is 3.98. The Labute approximate surface area is 216 Å². The number of rotatable bonds is 16. The van der Waals surface area contributed by atoms with Gasteiger partial charge in [-0.1, -0.05) is 96.8 Å². The summed E-state index contributed by atoms with van der Waals surface area (Å²) < 4.78 is 0. The molecule has 0 amide bonds. The summed E-state index contributed by atoms with van der Waals surface area (Å²) in [5, 5.41) is 19.1. The van der Waals surface area contributed by atoms with Crippen LogP contribution in [0.25, 0.3) is 0 Å². The predicted octanol–water partition coefficient (Wildman–Crippen LogP) is 0.756. The molecule has 0 rings (SSSR count). The van der Waals surface area contributed by atoms with Crippen molar-refractivity contribution in [2.24, 2.45) is 0 Å². The first-order chi connectivity index (χ1) is 11.5. The van der Waals surface area contributed by atoms with Crippen molar-refractivity contribution in [2.45, 2.75) is 117 Å². The van der Waals surface area contributed by atoms with Gasteiger partial charge < -0.3 is 19.8 Å². The van der Waals surface area contributed by atoms with Gasteiger partial charge in [0.25, 0.3) is 0 Å². The van der Waals surface area contributed by atoms with Crippen LogP contribution in [0.3, 0.4) is 0 Å². The maximum Gasteiger partial charge on any atom is 2.00 e. The molecule has 26 heavy (non-hydrogen) atoms. The first kappa shape index (κ1) is 34.7. The van der Waals surface area contributed by atoms with Crippen molar-refractivity contribution in [3.8, 4) is 0 Å². The Morgan fingerprint density at radius 3 is 1.08 bits per heavy atom. The van der Waals surface area contributed by atoms with E-state index in [2.05, 4.69) is 6.92 Å². The van der Waals surface area contributed by atoms with Gasteiger partial charge in [-0.2, -0.15) is 0 Å². The third kappa shape index (κ3) is 44.6. The Bertz CT molecular complexity index is 285. The fourth-order valence-corrected chi connectivity index (χ4v) is 2.64. The van der Waals surface area contributed by atoms with E-state index >= 15 is 0 Å². The fraction of sp³-hybridized carbons (Fsp3) is 0.900. The van der Waals surface area contributed by atoms with Crippen LogP contribution in [0.2, 0.25) is 0 Å². The normalized spacial score (nSPS) is 9.31. The molecule has 0 radical (unpaired) electrons. The summed E-state index contributed by atoms with van der Waals surface area (Å²) in [6.45, 7) is 3.24. The molecule has 0 saturated heterocycles. The average molecular weight is 447 g/mol. The molecule has 0 aliphatic carbocycles. The van der Waals surface area contributed by atoms with E-state index in [1.165, 1.54) is 83.5 Å². The number of carboxylic acid groups (broad SMARTS) is 2. The number of carbonyl (C=O) groups excluding carboxylic acids is 2. The summed E-state index contributed by atoms with van der Waals surface area (Å²) in [6, 6.07) is 0. The molecule has 0 aromatic carbocycles. The van der Waals surface area contributed by atoms with Crippen molar-refractivity contribution in [3.05, 3.63) is 0 Å². The fourth-order valence-electron chi connectivity index (χ4n) is 2.64. The van der Waals surface area contributed by atoms with E-state index in [1.54, 1.807) is 0 Å². The van der Waals surface area contributed by atoms with Crippen molar-refractivity contribution >= 4 is 11.9 Å². The van der Waals surface area contributed by atoms with Gasteiger partial charge in [0.15, 0.2) is 0 Å². The molecule has 0 atom stereocenters. The van der Waals surface area contributed by atoms with Crippen molar-refractivity contribution < 1.29 is 90.7 Å². The molecule has 0 saturated carbocycles. The monoisotopic (exact) mass is 445 g/mol. The minimum absolute atomic E-state index is 0. The standard InChI is InChI=1S/C18H36O2.C2H4O2.K.Zn/c1-2-3-4-5-6-7-8-9-10-11-12-13-14-15-16-17-18(19)20;1-2(3)4;;/h2-17H2,1H3,(H,19,20);1H3,(H,3,4);;/q;;+1;+2/p-2. The van der Waals surface area contributed by atoms with Gasteiger partial charge >= 0.3 is 70.9 Å². The maximum absolute atomic E-state index is 10.2. The van der Waals surface area contributed by atoms with E-state index in [-0.39, 0.29) is 77.3 Å². The van der Waals surface area contributed by atoms with Gasteiger partial charge in [-0.15, -0.1) is 0 Å². The molecule has 0 aliphatic heterocycles. The van der Waals surface area contributed by atoms with Gasteiger partial charge in [0.2, 0.25) is 0 Å². The van der Waals surface area contributed by atoms with E-state index in [0.29, 0.717) is 0 Å². The van der Waals surface area contributed by atoms with E-state index in [1.807, 2.05) is 0 Å². The molecular formula is C20H38KO4Zn+. The van der Waals surface area contributed by atoms with Crippen LogP contribution in [0.1, 0.15) is 117 Å². The van der Waals surface area contributed by atoms with Crippen LogP contribution in [-0.4, -0.2) is 11.9 Å². The van der Waals surface area contributed by atoms with Crippen LogP contribution in [0.5, 0.6) is 0 Å². The molecule has 0 spiro atoms. The van der Waals surface area contributed by atoms with Crippen molar-refractivity contribution in [1.82, 2.24) is 0 Å². The summed E-state index contributed by atoms with van der Waals surface area (Å²) in [7, 11) is 0. The Kier molecular flexibility index (Phi) is 41.2. The number of hydrogen-bond donors (Lipinski definition) is 0. The van der Waals surface area contributed by atoms with Gasteiger partial charge in [-0.05, 0) is 19.8 Å². The van der Waals surface area contributed by atoms with E-state index in [4.69, 9.17) is 9.90 Å². The van der Waals surface area contributed by atoms with Gasteiger partial charge in [0.1, 0.15) is 0 Å². The van der Waals surface area contributed by atoms with Crippen LogP contribution >= 0.6 is 0 Å². The van der Waals surface area contributed by atoms with Crippen molar-refractivity contribution in [1.29, 1.82) is 0 Å². The summed E-state index contributed by atoms with van der Waals surface area (Å²) in [5.74, 6) is -1.99. The molecule has 0 heterocycles. The Balaban J connectivity index is -0.000000363. The SMILES string of the molecule is CC(=O)[O-].CCCCCCCCCCCCCCCCCC(=O)[O-].[K+].[Zn+2]. The topological polar surface area (TPSA) is 80.3 Å². The second kappa shape index (κ2) is 30.9.